The molecular weight excluding hydrogens is 454 g/mol. The van der Waals surface area contributed by atoms with Crippen LogP contribution in [0.1, 0.15) is 30.8 Å². The zero-order valence-electron chi connectivity index (χ0n) is 19.1. The van der Waals surface area contributed by atoms with Crippen LogP contribution in [0.2, 0.25) is 5.02 Å². The van der Waals surface area contributed by atoms with Gasteiger partial charge in [0, 0.05) is 40.9 Å². The van der Waals surface area contributed by atoms with Crippen molar-refractivity contribution in [2.24, 2.45) is 0 Å². The molecule has 1 aliphatic rings. The smallest absolute Gasteiger partial charge is 0.298 e. The summed E-state index contributed by atoms with van der Waals surface area (Å²) in [5, 5.41) is 0.153. The maximum atomic E-state index is 13.0. The standard InChI is InChI=1S/C26H26ClN3O2S/c1-5-28(6-2)21-10-12-22(13-11-21)29-17(3)14-19(18(29)4)15-24-25(31)30(26(32)33-24)23-9-7-8-20(27)16-23/h7-16H,5-6H2,1-4H3/b24-15+. The predicted octanol–water partition coefficient (Wildman–Crippen LogP) is 6.83. The summed E-state index contributed by atoms with van der Waals surface area (Å²) in [6.07, 6.45) is 1.80. The van der Waals surface area contributed by atoms with Gasteiger partial charge in [0.25, 0.3) is 11.1 Å². The molecule has 0 unspecified atom stereocenters. The Bertz CT molecular complexity index is 1240. The minimum Gasteiger partial charge on any atom is -0.372 e. The second-order valence-electron chi connectivity index (χ2n) is 7.85. The molecule has 1 aliphatic heterocycles. The van der Waals surface area contributed by atoms with Crippen LogP contribution in [0.15, 0.2) is 59.5 Å². The lowest BCUT2D eigenvalue weighted by Gasteiger charge is -2.21. The van der Waals surface area contributed by atoms with Crippen molar-refractivity contribution in [3.63, 3.8) is 0 Å². The molecule has 0 atom stereocenters. The Morgan fingerprint density at radius 3 is 2.30 bits per heavy atom. The minimum atomic E-state index is -0.333. The molecule has 33 heavy (non-hydrogen) atoms. The largest absolute Gasteiger partial charge is 0.372 e. The average molecular weight is 480 g/mol. The third-order valence-electron chi connectivity index (χ3n) is 5.85. The van der Waals surface area contributed by atoms with E-state index in [0.717, 1.165) is 47.5 Å². The number of amides is 2. The van der Waals surface area contributed by atoms with E-state index >= 15 is 0 Å². The molecular formula is C26H26ClN3O2S. The van der Waals surface area contributed by atoms with Gasteiger partial charge in [-0.15, -0.1) is 0 Å². The van der Waals surface area contributed by atoms with Crippen molar-refractivity contribution in [3.05, 3.63) is 81.5 Å². The molecule has 1 aromatic heterocycles. The number of hydrogen-bond acceptors (Lipinski definition) is 4. The normalized spacial score (nSPS) is 15.1. The van der Waals surface area contributed by atoms with Crippen LogP contribution < -0.4 is 9.80 Å². The molecule has 0 saturated carbocycles. The summed E-state index contributed by atoms with van der Waals surface area (Å²) in [5.41, 5.74) is 5.72. The highest BCUT2D eigenvalue weighted by atomic mass is 35.5. The summed E-state index contributed by atoms with van der Waals surface area (Å²) >= 11 is 7.00. The van der Waals surface area contributed by atoms with E-state index in [1.807, 2.05) is 19.9 Å². The van der Waals surface area contributed by atoms with Crippen molar-refractivity contribution in [2.75, 3.05) is 22.9 Å². The van der Waals surface area contributed by atoms with Gasteiger partial charge in [-0.05, 0) is 99.6 Å². The lowest BCUT2D eigenvalue weighted by atomic mass is 10.2. The Labute approximate surface area is 203 Å². The van der Waals surface area contributed by atoms with E-state index in [1.54, 1.807) is 30.3 Å². The molecule has 0 bridgehead atoms. The lowest BCUT2D eigenvalue weighted by Crippen LogP contribution is -2.27. The van der Waals surface area contributed by atoms with E-state index in [1.165, 1.54) is 10.6 Å². The third-order valence-corrected chi connectivity index (χ3v) is 6.96. The predicted molar refractivity (Wildman–Crippen MR) is 139 cm³/mol. The van der Waals surface area contributed by atoms with E-state index in [0.29, 0.717) is 15.6 Å². The van der Waals surface area contributed by atoms with Crippen molar-refractivity contribution in [2.45, 2.75) is 27.7 Å². The number of rotatable bonds is 6. The number of imide groups is 1. The third kappa shape index (κ3) is 4.45. The summed E-state index contributed by atoms with van der Waals surface area (Å²) in [5.74, 6) is -0.333. The number of carbonyl (C=O) groups is 2. The van der Waals surface area contributed by atoms with Crippen molar-refractivity contribution >= 4 is 52.0 Å². The van der Waals surface area contributed by atoms with Gasteiger partial charge in [-0.2, -0.15) is 0 Å². The Morgan fingerprint density at radius 1 is 0.970 bits per heavy atom. The molecule has 2 aromatic carbocycles. The van der Waals surface area contributed by atoms with E-state index in [-0.39, 0.29) is 11.1 Å². The zero-order valence-corrected chi connectivity index (χ0v) is 20.7. The van der Waals surface area contributed by atoms with Gasteiger partial charge in [0.15, 0.2) is 0 Å². The Morgan fingerprint density at radius 2 is 1.67 bits per heavy atom. The van der Waals surface area contributed by atoms with Crippen LogP contribution in [-0.4, -0.2) is 28.8 Å². The first-order valence-corrected chi connectivity index (χ1v) is 12.1. The maximum Gasteiger partial charge on any atom is 0.298 e. The van der Waals surface area contributed by atoms with Crippen LogP contribution >= 0.6 is 23.4 Å². The number of anilines is 2. The van der Waals surface area contributed by atoms with Crippen molar-refractivity contribution in [1.82, 2.24) is 4.57 Å². The topological polar surface area (TPSA) is 45.6 Å². The fourth-order valence-electron chi connectivity index (χ4n) is 4.18. The molecule has 5 nitrogen and oxygen atoms in total. The van der Waals surface area contributed by atoms with Crippen LogP contribution in [0.25, 0.3) is 11.8 Å². The van der Waals surface area contributed by atoms with Gasteiger partial charge in [0.1, 0.15) is 0 Å². The molecule has 2 amide bonds. The number of aryl methyl sites for hydroxylation is 1. The fourth-order valence-corrected chi connectivity index (χ4v) is 5.20. The highest BCUT2D eigenvalue weighted by Crippen LogP contribution is 2.37. The van der Waals surface area contributed by atoms with Crippen molar-refractivity contribution in [3.8, 4) is 5.69 Å². The second kappa shape index (κ2) is 9.49. The molecule has 0 N–H and O–H groups in total. The first kappa shape index (κ1) is 23.2. The van der Waals surface area contributed by atoms with Gasteiger partial charge in [-0.25, -0.2) is 4.90 Å². The SMILES string of the molecule is CCN(CC)c1ccc(-n2c(C)cc(/C=C3/SC(=O)N(c4cccc(Cl)c4)C3=O)c2C)cc1. The molecule has 3 aromatic rings. The lowest BCUT2D eigenvalue weighted by molar-refractivity contribution is -0.113. The minimum absolute atomic E-state index is 0.325. The number of hydrogen-bond donors (Lipinski definition) is 0. The fraction of sp³-hybridized carbons (Fsp3) is 0.231. The van der Waals surface area contributed by atoms with E-state index < -0.39 is 0 Å². The Balaban J connectivity index is 1.65. The molecule has 0 spiro atoms. The van der Waals surface area contributed by atoms with Crippen molar-refractivity contribution in [1.29, 1.82) is 0 Å². The monoisotopic (exact) mass is 479 g/mol. The van der Waals surface area contributed by atoms with Gasteiger partial charge >= 0.3 is 0 Å². The molecule has 170 valence electrons. The van der Waals surface area contributed by atoms with Gasteiger partial charge in [-0.3, -0.25) is 9.59 Å². The van der Waals surface area contributed by atoms with Crippen LogP contribution in [0.4, 0.5) is 16.2 Å². The van der Waals surface area contributed by atoms with Gasteiger partial charge in [0.2, 0.25) is 0 Å². The number of carbonyl (C=O) groups excluding carboxylic acids is 2. The van der Waals surface area contributed by atoms with Crippen molar-refractivity contribution < 1.29 is 9.59 Å². The van der Waals surface area contributed by atoms with E-state index in [4.69, 9.17) is 11.6 Å². The number of aromatic nitrogens is 1. The number of nitrogens with zero attached hydrogens (tertiary/aromatic N) is 3. The van der Waals surface area contributed by atoms with Gasteiger partial charge in [0.05, 0.1) is 10.6 Å². The van der Waals surface area contributed by atoms with Crippen LogP contribution in [-0.2, 0) is 4.79 Å². The van der Waals surface area contributed by atoms with Crippen LogP contribution in [0.5, 0.6) is 0 Å². The van der Waals surface area contributed by atoms with Crippen LogP contribution in [0, 0.1) is 13.8 Å². The summed E-state index contributed by atoms with van der Waals surface area (Å²) in [7, 11) is 0. The Hall–Kier alpha value is -2.96. The molecule has 1 saturated heterocycles. The summed E-state index contributed by atoms with van der Waals surface area (Å²) < 4.78 is 2.17. The number of thioether (sulfide) groups is 1. The van der Waals surface area contributed by atoms with Gasteiger partial charge < -0.3 is 9.47 Å². The Kier molecular flexibility index (Phi) is 6.68. The van der Waals surface area contributed by atoms with E-state index in [9.17, 15) is 9.59 Å². The average Bonchev–Trinajstić information content (AvgIpc) is 3.23. The summed E-state index contributed by atoms with van der Waals surface area (Å²) in [4.78, 5) is 29.5. The highest BCUT2D eigenvalue weighted by molar-refractivity contribution is 8.19. The van der Waals surface area contributed by atoms with Gasteiger partial charge in [-0.1, -0.05) is 17.7 Å². The second-order valence-corrected chi connectivity index (χ2v) is 9.28. The first-order valence-electron chi connectivity index (χ1n) is 10.9. The molecule has 0 aliphatic carbocycles. The summed E-state index contributed by atoms with van der Waals surface area (Å²) in [6.45, 7) is 10.3. The molecule has 4 rings (SSSR count). The first-order chi connectivity index (χ1) is 15.8. The molecule has 1 fully saturated rings. The highest BCUT2D eigenvalue weighted by Gasteiger charge is 2.36. The quantitative estimate of drug-likeness (QED) is 0.363. The van der Waals surface area contributed by atoms with Crippen LogP contribution in [0.3, 0.4) is 0 Å². The molecule has 0 radical (unpaired) electrons. The molecule has 2 heterocycles. The number of halogens is 1. The van der Waals surface area contributed by atoms with E-state index in [2.05, 4.69) is 47.6 Å². The number of benzene rings is 2. The molecule has 7 heteroatoms. The maximum absolute atomic E-state index is 13.0. The zero-order chi connectivity index (χ0) is 23.7. The summed E-state index contributed by atoms with van der Waals surface area (Å²) in [6, 6.07) is 17.3.